The standard InChI is InChI=1S/C25H33N3O3S/c1-19-8-6-14-27(17-19)18-20(2)26-25(29)22-10-5-12-23(16-22)32(30,31)28-15-7-11-21-9-3-4-13-24(21)28/h3-5,9-10,12-13,16,19-20H,6-8,11,14-15,17-18H2,1-2H3,(H,26,29). The average Bonchev–Trinajstić information content (AvgIpc) is 2.78. The largest absolute Gasteiger partial charge is 0.348 e. The van der Waals surface area contributed by atoms with Crippen molar-refractivity contribution < 1.29 is 13.2 Å². The number of hydrogen-bond acceptors (Lipinski definition) is 4. The molecule has 4 rings (SSSR count). The van der Waals surface area contributed by atoms with Gasteiger partial charge in [-0.25, -0.2) is 8.42 Å². The number of piperidine rings is 1. The van der Waals surface area contributed by atoms with E-state index in [1.54, 1.807) is 18.2 Å². The molecule has 2 aromatic carbocycles. The first-order valence-electron chi connectivity index (χ1n) is 11.6. The van der Waals surface area contributed by atoms with Crippen LogP contribution in [0.25, 0.3) is 0 Å². The molecule has 7 heteroatoms. The zero-order valence-electron chi connectivity index (χ0n) is 19.0. The number of nitrogens with zero attached hydrogens (tertiary/aromatic N) is 2. The first kappa shape index (κ1) is 22.8. The summed E-state index contributed by atoms with van der Waals surface area (Å²) in [5.41, 5.74) is 2.14. The van der Waals surface area contributed by atoms with Gasteiger partial charge in [0.1, 0.15) is 0 Å². The number of hydrogen-bond donors (Lipinski definition) is 1. The van der Waals surface area contributed by atoms with E-state index in [2.05, 4.69) is 17.1 Å². The van der Waals surface area contributed by atoms with Crippen molar-refractivity contribution in [1.82, 2.24) is 10.2 Å². The fraction of sp³-hybridized carbons (Fsp3) is 0.480. The number of fused-ring (bicyclic) bond motifs is 1. The zero-order valence-corrected chi connectivity index (χ0v) is 19.8. The highest BCUT2D eigenvalue weighted by atomic mass is 32.2. The van der Waals surface area contributed by atoms with E-state index in [1.807, 2.05) is 31.2 Å². The highest BCUT2D eigenvalue weighted by Crippen LogP contribution is 2.32. The molecule has 1 saturated heterocycles. The molecule has 2 unspecified atom stereocenters. The third-order valence-electron chi connectivity index (χ3n) is 6.40. The number of para-hydroxylation sites is 1. The number of sulfonamides is 1. The molecule has 2 atom stereocenters. The Bertz CT molecular complexity index is 1070. The lowest BCUT2D eigenvalue weighted by Gasteiger charge is -2.32. The molecule has 0 aliphatic carbocycles. The number of amides is 1. The summed E-state index contributed by atoms with van der Waals surface area (Å²) in [5, 5.41) is 3.04. The molecule has 32 heavy (non-hydrogen) atoms. The Morgan fingerprint density at radius 1 is 1.12 bits per heavy atom. The van der Waals surface area contributed by atoms with Gasteiger partial charge in [0, 0.05) is 31.2 Å². The first-order chi connectivity index (χ1) is 15.3. The van der Waals surface area contributed by atoms with Gasteiger partial charge in [-0.3, -0.25) is 9.10 Å². The van der Waals surface area contributed by atoms with Gasteiger partial charge < -0.3 is 10.2 Å². The number of nitrogens with one attached hydrogen (secondary N) is 1. The summed E-state index contributed by atoms with van der Waals surface area (Å²) in [6, 6.07) is 14.0. The quantitative estimate of drug-likeness (QED) is 0.721. The monoisotopic (exact) mass is 455 g/mol. The second-order valence-corrected chi connectivity index (χ2v) is 11.1. The van der Waals surface area contributed by atoms with E-state index in [-0.39, 0.29) is 16.8 Å². The van der Waals surface area contributed by atoms with Crippen molar-refractivity contribution in [1.29, 1.82) is 0 Å². The van der Waals surface area contributed by atoms with E-state index in [9.17, 15) is 13.2 Å². The van der Waals surface area contributed by atoms with E-state index in [1.165, 1.54) is 23.2 Å². The number of aryl methyl sites for hydroxylation is 1. The SMILES string of the molecule is CC1CCCN(CC(C)NC(=O)c2cccc(S(=O)(=O)N3CCCc4ccccc43)c2)C1. The minimum Gasteiger partial charge on any atom is -0.348 e. The summed E-state index contributed by atoms with van der Waals surface area (Å²) >= 11 is 0. The maximum Gasteiger partial charge on any atom is 0.264 e. The molecule has 0 aromatic heterocycles. The highest BCUT2D eigenvalue weighted by molar-refractivity contribution is 7.92. The van der Waals surface area contributed by atoms with Crippen LogP contribution in [0.15, 0.2) is 53.4 Å². The van der Waals surface area contributed by atoms with Crippen molar-refractivity contribution in [2.45, 2.75) is 50.5 Å². The molecule has 172 valence electrons. The minimum atomic E-state index is -3.74. The third-order valence-corrected chi connectivity index (χ3v) is 8.21. The molecule has 1 amide bonds. The molecule has 6 nitrogen and oxygen atoms in total. The van der Waals surface area contributed by atoms with Gasteiger partial charge in [-0.05, 0) is 74.9 Å². The maximum absolute atomic E-state index is 13.4. The van der Waals surface area contributed by atoms with Gasteiger partial charge in [0.15, 0.2) is 0 Å². The summed E-state index contributed by atoms with van der Waals surface area (Å²) < 4.78 is 28.3. The van der Waals surface area contributed by atoms with Crippen LogP contribution in [0.2, 0.25) is 0 Å². The number of benzene rings is 2. The number of carbonyl (C=O) groups excluding carboxylic acids is 1. The van der Waals surface area contributed by atoms with Gasteiger partial charge in [0.2, 0.25) is 0 Å². The van der Waals surface area contributed by atoms with Crippen LogP contribution in [0.3, 0.4) is 0 Å². The van der Waals surface area contributed by atoms with Crippen molar-refractivity contribution in [2.75, 3.05) is 30.5 Å². The molecule has 0 saturated carbocycles. The second kappa shape index (κ2) is 9.63. The molecule has 1 N–H and O–H groups in total. The molecular formula is C25H33N3O3S. The molecule has 0 bridgehead atoms. The number of anilines is 1. The van der Waals surface area contributed by atoms with Crippen molar-refractivity contribution >= 4 is 21.6 Å². The molecular weight excluding hydrogens is 422 g/mol. The molecule has 0 spiro atoms. The Morgan fingerprint density at radius 3 is 2.75 bits per heavy atom. The smallest absolute Gasteiger partial charge is 0.264 e. The van der Waals surface area contributed by atoms with Crippen LogP contribution in [0, 0.1) is 5.92 Å². The van der Waals surface area contributed by atoms with Crippen LogP contribution < -0.4 is 9.62 Å². The van der Waals surface area contributed by atoms with E-state index in [4.69, 9.17) is 0 Å². The molecule has 2 aliphatic heterocycles. The van der Waals surface area contributed by atoms with E-state index in [0.29, 0.717) is 18.0 Å². The van der Waals surface area contributed by atoms with Crippen LogP contribution in [0.1, 0.15) is 49.0 Å². The lowest BCUT2D eigenvalue weighted by molar-refractivity contribution is 0.0919. The van der Waals surface area contributed by atoms with Crippen molar-refractivity contribution in [3.63, 3.8) is 0 Å². The minimum absolute atomic E-state index is 0.0120. The second-order valence-electron chi connectivity index (χ2n) is 9.22. The number of rotatable bonds is 6. The summed E-state index contributed by atoms with van der Waals surface area (Å²) in [6.45, 7) is 7.64. The van der Waals surface area contributed by atoms with Gasteiger partial charge in [0.25, 0.3) is 15.9 Å². The topological polar surface area (TPSA) is 69.7 Å². The summed E-state index contributed by atoms with van der Waals surface area (Å²) in [5.74, 6) is 0.451. The normalized spacial score (nSPS) is 20.4. The van der Waals surface area contributed by atoms with Crippen molar-refractivity contribution in [3.05, 3.63) is 59.7 Å². The van der Waals surface area contributed by atoms with Crippen molar-refractivity contribution in [3.8, 4) is 0 Å². The van der Waals surface area contributed by atoms with E-state index < -0.39 is 10.0 Å². The van der Waals surface area contributed by atoms with Crippen molar-refractivity contribution in [2.24, 2.45) is 5.92 Å². The Labute approximate surface area is 191 Å². The van der Waals surface area contributed by atoms with Crippen LogP contribution in [-0.4, -0.2) is 51.4 Å². The van der Waals surface area contributed by atoms with Crippen LogP contribution in [-0.2, 0) is 16.4 Å². The number of likely N-dealkylation sites (tertiary alicyclic amines) is 1. The predicted octanol–water partition coefficient (Wildman–Crippen LogP) is 3.68. The predicted molar refractivity (Wildman–Crippen MR) is 128 cm³/mol. The van der Waals surface area contributed by atoms with Gasteiger partial charge in [0.05, 0.1) is 10.6 Å². The Kier molecular flexibility index (Phi) is 6.86. The highest BCUT2D eigenvalue weighted by Gasteiger charge is 2.29. The molecule has 0 radical (unpaired) electrons. The summed E-state index contributed by atoms with van der Waals surface area (Å²) in [7, 11) is -3.74. The van der Waals surface area contributed by atoms with Gasteiger partial charge in [-0.15, -0.1) is 0 Å². The van der Waals surface area contributed by atoms with Gasteiger partial charge in [-0.1, -0.05) is 31.2 Å². The molecule has 1 fully saturated rings. The van der Waals surface area contributed by atoms with Crippen LogP contribution in [0.4, 0.5) is 5.69 Å². The number of carbonyl (C=O) groups is 1. The molecule has 2 aromatic rings. The average molecular weight is 456 g/mol. The van der Waals surface area contributed by atoms with Crippen LogP contribution >= 0.6 is 0 Å². The Morgan fingerprint density at radius 2 is 1.94 bits per heavy atom. The third kappa shape index (κ3) is 4.99. The summed E-state index contributed by atoms with van der Waals surface area (Å²) in [6.07, 6.45) is 4.11. The van der Waals surface area contributed by atoms with Gasteiger partial charge >= 0.3 is 0 Å². The lowest BCUT2D eigenvalue weighted by Crippen LogP contribution is -2.45. The molecule has 2 heterocycles. The maximum atomic E-state index is 13.4. The first-order valence-corrected chi connectivity index (χ1v) is 13.0. The van der Waals surface area contributed by atoms with E-state index in [0.717, 1.165) is 43.7 Å². The Balaban J connectivity index is 1.48. The summed E-state index contributed by atoms with van der Waals surface area (Å²) in [4.78, 5) is 15.4. The zero-order chi connectivity index (χ0) is 22.7. The Hall–Kier alpha value is -2.38. The van der Waals surface area contributed by atoms with E-state index >= 15 is 0 Å². The lowest BCUT2D eigenvalue weighted by atomic mass is 10.00. The fourth-order valence-electron chi connectivity index (χ4n) is 4.87. The van der Waals surface area contributed by atoms with Gasteiger partial charge in [-0.2, -0.15) is 0 Å². The van der Waals surface area contributed by atoms with Crippen LogP contribution in [0.5, 0.6) is 0 Å². The molecule has 2 aliphatic rings. The fourth-order valence-corrected chi connectivity index (χ4v) is 6.45.